The molecule has 1 heterocycles. The van der Waals surface area contributed by atoms with Gasteiger partial charge in [0.15, 0.2) is 0 Å². The Morgan fingerprint density at radius 1 is 1.35 bits per heavy atom. The number of carbonyl (C=O) groups excluding carboxylic acids is 2. The number of carboxylic acid groups (broad SMARTS) is 1. The van der Waals surface area contributed by atoms with E-state index in [1.54, 1.807) is 20.8 Å². The van der Waals surface area contributed by atoms with E-state index in [1.165, 1.54) is 4.90 Å². The van der Waals surface area contributed by atoms with Crippen LogP contribution < -0.4 is 0 Å². The van der Waals surface area contributed by atoms with Crippen LogP contribution in [0, 0.1) is 11.3 Å². The highest BCUT2D eigenvalue weighted by molar-refractivity contribution is 5.83. The first-order chi connectivity index (χ1) is 12.0. The molecule has 0 radical (unpaired) electrons. The number of nitrogens with zero attached hydrogens (tertiary/aromatic N) is 1. The molecule has 2 aliphatic rings. The number of allylic oxidation sites excluding steroid dienone is 1. The molecule has 1 saturated carbocycles. The van der Waals surface area contributed by atoms with E-state index in [-0.39, 0.29) is 23.2 Å². The van der Waals surface area contributed by atoms with Crippen LogP contribution in [-0.4, -0.2) is 45.5 Å². The highest BCUT2D eigenvalue weighted by atomic mass is 16.6. The third kappa shape index (κ3) is 4.46. The number of rotatable bonds is 8. The van der Waals surface area contributed by atoms with Gasteiger partial charge in [-0.15, -0.1) is 6.58 Å². The smallest absolute Gasteiger partial charge is 0.411 e. The van der Waals surface area contributed by atoms with Crippen molar-refractivity contribution in [3.05, 3.63) is 12.7 Å². The molecule has 2 rings (SSSR count). The van der Waals surface area contributed by atoms with E-state index in [2.05, 4.69) is 6.58 Å². The number of hydrogen-bond acceptors (Lipinski definition) is 4. The number of aliphatic carboxylic acids is 1. The van der Waals surface area contributed by atoms with Gasteiger partial charge in [-0.3, -0.25) is 9.69 Å². The Labute approximate surface area is 155 Å². The molecule has 0 bridgehead atoms. The van der Waals surface area contributed by atoms with Crippen molar-refractivity contribution >= 4 is 17.8 Å². The lowest BCUT2D eigenvalue weighted by Gasteiger charge is -2.28. The molecule has 0 aromatic carbocycles. The molecule has 6 heteroatoms. The van der Waals surface area contributed by atoms with Gasteiger partial charge >= 0.3 is 12.1 Å². The molecule has 146 valence electrons. The second kappa shape index (κ2) is 7.41. The van der Waals surface area contributed by atoms with Crippen molar-refractivity contribution in [3.63, 3.8) is 0 Å². The zero-order valence-electron chi connectivity index (χ0n) is 16.3. The van der Waals surface area contributed by atoms with Crippen molar-refractivity contribution in [1.29, 1.82) is 0 Å². The van der Waals surface area contributed by atoms with Crippen LogP contribution in [0.2, 0.25) is 0 Å². The summed E-state index contributed by atoms with van der Waals surface area (Å²) in [7, 11) is 0. The predicted octanol–water partition coefficient (Wildman–Crippen LogP) is 3.79. The van der Waals surface area contributed by atoms with Gasteiger partial charge in [0, 0.05) is 18.4 Å². The molecule has 1 saturated heterocycles. The highest BCUT2D eigenvalue weighted by Gasteiger charge is 2.67. The Balaban J connectivity index is 2.00. The zero-order chi connectivity index (χ0) is 19.7. The van der Waals surface area contributed by atoms with Gasteiger partial charge in [0.05, 0.1) is 0 Å². The van der Waals surface area contributed by atoms with E-state index >= 15 is 0 Å². The first kappa shape index (κ1) is 20.5. The van der Waals surface area contributed by atoms with Crippen LogP contribution in [-0.2, 0) is 14.3 Å². The molecule has 0 spiro atoms. The number of carbonyl (C=O) groups is 3. The van der Waals surface area contributed by atoms with Crippen LogP contribution in [0.3, 0.4) is 0 Å². The van der Waals surface area contributed by atoms with Gasteiger partial charge in [-0.2, -0.15) is 0 Å². The molecule has 26 heavy (non-hydrogen) atoms. The van der Waals surface area contributed by atoms with Crippen LogP contribution >= 0.6 is 0 Å². The van der Waals surface area contributed by atoms with E-state index in [0.717, 1.165) is 19.3 Å². The molecular formula is C20H31NO5. The third-order valence-corrected chi connectivity index (χ3v) is 5.53. The summed E-state index contributed by atoms with van der Waals surface area (Å²) < 4.78 is 5.40. The Hall–Kier alpha value is -1.85. The maximum Gasteiger partial charge on any atom is 0.411 e. The van der Waals surface area contributed by atoms with E-state index in [1.807, 2.05) is 13.0 Å². The van der Waals surface area contributed by atoms with Crippen LogP contribution in [0.1, 0.15) is 66.2 Å². The lowest BCUT2D eigenvalue weighted by Crippen LogP contribution is -2.45. The SMILES string of the molecule is C=CCC[C@@H](C)C(=O)CC[C@@]12C[C@@H](C(=O)O)N(C(=O)OC(C)(C)C)[C@@H]1C2. The van der Waals surface area contributed by atoms with Gasteiger partial charge in [0.1, 0.15) is 17.4 Å². The summed E-state index contributed by atoms with van der Waals surface area (Å²) in [5.74, 6) is -0.817. The Kier molecular flexibility index (Phi) is 5.83. The molecule has 2 fully saturated rings. The molecule has 0 aromatic rings. The van der Waals surface area contributed by atoms with Gasteiger partial charge < -0.3 is 9.84 Å². The molecule has 0 unspecified atom stereocenters. The van der Waals surface area contributed by atoms with Gasteiger partial charge in [0.2, 0.25) is 0 Å². The second-order valence-corrected chi connectivity index (χ2v) is 8.76. The van der Waals surface area contributed by atoms with Crippen LogP contribution in [0.15, 0.2) is 12.7 Å². The van der Waals surface area contributed by atoms with E-state index in [0.29, 0.717) is 19.3 Å². The minimum Gasteiger partial charge on any atom is -0.480 e. The van der Waals surface area contributed by atoms with Gasteiger partial charge in [-0.05, 0) is 58.3 Å². The van der Waals surface area contributed by atoms with Crippen molar-refractivity contribution in [1.82, 2.24) is 4.90 Å². The minimum atomic E-state index is -1.01. The fourth-order valence-electron chi connectivity index (χ4n) is 3.93. The summed E-state index contributed by atoms with van der Waals surface area (Å²) >= 11 is 0. The molecule has 6 nitrogen and oxygen atoms in total. The molecule has 1 amide bonds. The topological polar surface area (TPSA) is 83.9 Å². The molecule has 1 N–H and O–H groups in total. The van der Waals surface area contributed by atoms with E-state index in [9.17, 15) is 19.5 Å². The number of ether oxygens (including phenoxy) is 1. The van der Waals surface area contributed by atoms with Crippen molar-refractivity contribution in [2.75, 3.05) is 0 Å². The quantitative estimate of drug-likeness (QED) is 0.662. The minimum absolute atomic E-state index is 0.0137. The number of Topliss-reactive ketones (excluding diaryl/α,β-unsaturated/α-hetero) is 1. The molecular weight excluding hydrogens is 334 g/mol. The summed E-state index contributed by atoms with van der Waals surface area (Å²) in [4.78, 5) is 37.8. The first-order valence-electron chi connectivity index (χ1n) is 9.38. The summed E-state index contributed by atoms with van der Waals surface area (Å²) in [6, 6.07) is -0.994. The normalized spacial score (nSPS) is 28.2. The van der Waals surface area contributed by atoms with Crippen LogP contribution in [0.4, 0.5) is 4.79 Å². The van der Waals surface area contributed by atoms with Gasteiger partial charge in [0.25, 0.3) is 0 Å². The van der Waals surface area contributed by atoms with Crippen molar-refractivity contribution in [3.8, 4) is 0 Å². The lowest BCUT2D eigenvalue weighted by molar-refractivity contribution is -0.142. The fraction of sp³-hybridized carbons (Fsp3) is 0.750. The predicted molar refractivity (Wildman–Crippen MR) is 97.8 cm³/mol. The Morgan fingerprint density at radius 2 is 2.00 bits per heavy atom. The van der Waals surface area contributed by atoms with Gasteiger partial charge in [-0.25, -0.2) is 9.59 Å². The molecule has 0 aromatic heterocycles. The number of amides is 1. The Morgan fingerprint density at radius 3 is 2.54 bits per heavy atom. The summed E-state index contributed by atoms with van der Waals surface area (Å²) in [5, 5.41) is 9.52. The first-order valence-corrected chi connectivity index (χ1v) is 9.38. The Bertz CT molecular complexity index is 593. The highest BCUT2D eigenvalue weighted by Crippen LogP contribution is 2.62. The van der Waals surface area contributed by atoms with Crippen LogP contribution in [0.5, 0.6) is 0 Å². The number of ketones is 1. The average molecular weight is 365 g/mol. The number of fused-ring (bicyclic) bond motifs is 1. The molecule has 4 atom stereocenters. The summed E-state index contributed by atoms with van der Waals surface area (Å²) in [6.07, 6.45) is 5.08. The van der Waals surface area contributed by atoms with Crippen molar-refractivity contribution in [2.24, 2.45) is 11.3 Å². The summed E-state index contributed by atoms with van der Waals surface area (Å²) in [6.45, 7) is 10.9. The monoisotopic (exact) mass is 365 g/mol. The number of likely N-dealkylation sites (tertiary alicyclic amines) is 1. The van der Waals surface area contributed by atoms with Crippen molar-refractivity contribution in [2.45, 2.75) is 83.9 Å². The van der Waals surface area contributed by atoms with Gasteiger partial charge in [-0.1, -0.05) is 13.0 Å². The maximum absolute atomic E-state index is 12.5. The molecule has 1 aliphatic heterocycles. The van der Waals surface area contributed by atoms with Crippen molar-refractivity contribution < 1.29 is 24.2 Å². The standard InChI is InChI=1S/C20H31NO5/c1-6-7-8-13(2)15(22)9-10-20-11-14(17(23)24)21(16(20)12-20)18(25)26-19(3,4)5/h6,13-14,16H,1,7-12H2,2-5H3,(H,23,24)/t13-,14+,16-,20+/m1/s1. The number of hydrogen-bond donors (Lipinski definition) is 1. The van der Waals surface area contributed by atoms with E-state index in [4.69, 9.17) is 4.74 Å². The zero-order valence-corrected chi connectivity index (χ0v) is 16.3. The lowest BCUT2D eigenvalue weighted by atomic mass is 9.89. The van der Waals surface area contributed by atoms with Crippen LogP contribution in [0.25, 0.3) is 0 Å². The second-order valence-electron chi connectivity index (χ2n) is 8.76. The van der Waals surface area contributed by atoms with E-state index < -0.39 is 23.7 Å². The average Bonchev–Trinajstić information content (AvgIpc) is 3.12. The summed E-state index contributed by atoms with van der Waals surface area (Å²) in [5.41, 5.74) is -0.912. The fourth-order valence-corrected chi connectivity index (χ4v) is 3.93. The number of piperidine rings is 1. The maximum atomic E-state index is 12.5. The molecule has 1 aliphatic carbocycles. The third-order valence-electron chi connectivity index (χ3n) is 5.53. The largest absolute Gasteiger partial charge is 0.480 e. The number of carboxylic acids is 1.